The van der Waals surface area contributed by atoms with Crippen LogP contribution < -0.4 is 16.4 Å². The number of amides is 2. The van der Waals surface area contributed by atoms with E-state index in [0.29, 0.717) is 24.7 Å². The van der Waals surface area contributed by atoms with Crippen LogP contribution in [0.4, 0.5) is 0 Å². The van der Waals surface area contributed by atoms with Gasteiger partial charge in [-0.05, 0) is 30.6 Å². The van der Waals surface area contributed by atoms with E-state index < -0.39 is 18.1 Å². The summed E-state index contributed by atoms with van der Waals surface area (Å²) in [4.78, 5) is 36.7. The van der Waals surface area contributed by atoms with E-state index in [1.807, 2.05) is 27.7 Å². The number of nitrogens with one attached hydrogen (secondary N) is 2. The molecule has 1 rings (SSSR count). The van der Waals surface area contributed by atoms with Crippen LogP contribution in [0.3, 0.4) is 0 Å². The molecule has 0 heterocycles. The van der Waals surface area contributed by atoms with Gasteiger partial charge in [0.25, 0.3) is 0 Å². The first-order valence-corrected chi connectivity index (χ1v) is 10.6. The molecule has 27 heavy (non-hydrogen) atoms. The molecular formula is C21H39N3O3. The molecule has 6 heteroatoms. The number of carbonyl (C=O) groups excluding carboxylic acids is 3. The maximum atomic E-state index is 12.8. The molecule has 1 aliphatic rings. The lowest BCUT2D eigenvalue weighted by Gasteiger charge is -2.28. The lowest BCUT2D eigenvalue weighted by atomic mass is 9.85. The molecular weight excluding hydrogens is 342 g/mol. The molecule has 0 radical (unpaired) electrons. The second-order valence-corrected chi connectivity index (χ2v) is 8.60. The largest absolute Gasteiger partial charge is 0.345 e. The molecule has 1 aliphatic carbocycles. The highest BCUT2D eigenvalue weighted by Gasteiger charge is 2.30. The summed E-state index contributed by atoms with van der Waals surface area (Å²) in [7, 11) is 0. The Bertz CT molecular complexity index is 475. The maximum Gasteiger partial charge on any atom is 0.243 e. The smallest absolute Gasteiger partial charge is 0.243 e. The van der Waals surface area contributed by atoms with Crippen LogP contribution in [0.2, 0.25) is 0 Å². The van der Waals surface area contributed by atoms with Gasteiger partial charge in [-0.15, -0.1) is 0 Å². The molecule has 0 aliphatic heterocycles. The second kappa shape index (κ2) is 12.1. The first-order valence-electron chi connectivity index (χ1n) is 10.6. The summed E-state index contributed by atoms with van der Waals surface area (Å²) in [6.45, 7) is 7.91. The monoisotopic (exact) mass is 381 g/mol. The summed E-state index contributed by atoms with van der Waals surface area (Å²) >= 11 is 0. The average molecular weight is 382 g/mol. The molecule has 0 spiro atoms. The predicted octanol–water partition coefficient (Wildman–Crippen LogP) is 2.54. The third kappa shape index (κ3) is 8.41. The van der Waals surface area contributed by atoms with Crippen molar-refractivity contribution >= 4 is 18.1 Å². The van der Waals surface area contributed by atoms with Gasteiger partial charge < -0.3 is 21.2 Å². The summed E-state index contributed by atoms with van der Waals surface area (Å²) in [5.74, 6) is 0.158. The molecule has 1 fully saturated rings. The van der Waals surface area contributed by atoms with E-state index in [4.69, 9.17) is 5.73 Å². The lowest BCUT2D eigenvalue weighted by molar-refractivity contribution is -0.132. The fraction of sp³-hybridized carbons (Fsp3) is 0.857. The zero-order valence-electron chi connectivity index (χ0n) is 17.5. The Morgan fingerprint density at radius 1 is 1.07 bits per heavy atom. The van der Waals surface area contributed by atoms with E-state index in [-0.39, 0.29) is 17.7 Å². The molecule has 6 nitrogen and oxygen atoms in total. The van der Waals surface area contributed by atoms with Gasteiger partial charge >= 0.3 is 0 Å². The normalized spacial score (nSPS) is 19.8. The molecule has 1 unspecified atom stereocenters. The minimum Gasteiger partial charge on any atom is -0.345 e. The lowest BCUT2D eigenvalue weighted by Crippen LogP contribution is -2.56. The van der Waals surface area contributed by atoms with E-state index in [2.05, 4.69) is 10.6 Å². The predicted molar refractivity (Wildman–Crippen MR) is 108 cm³/mol. The zero-order valence-corrected chi connectivity index (χ0v) is 17.5. The Labute approximate surface area is 164 Å². The molecule has 0 aromatic carbocycles. The molecule has 0 aromatic rings. The van der Waals surface area contributed by atoms with Crippen molar-refractivity contribution in [3.8, 4) is 0 Å². The van der Waals surface area contributed by atoms with Gasteiger partial charge in [0, 0.05) is 0 Å². The Hall–Kier alpha value is -1.43. The molecule has 0 saturated heterocycles. The zero-order chi connectivity index (χ0) is 20.4. The fourth-order valence-electron chi connectivity index (χ4n) is 3.78. The van der Waals surface area contributed by atoms with Crippen molar-refractivity contribution in [3.63, 3.8) is 0 Å². The van der Waals surface area contributed by atoms with Crippen LogP contribution in [0.25, 0.3) is 0 Å². The summed E-state index contributed by atoms with van der Waals surface area (Å²) in [5, 5.41) is 5.67. The molecule has 4 N–H and O–H groups in total. The van der Waals surface area contributed by atoms with E-state index in [1.165, 1.54) is 19.3 Å². The van der Waals surface area contributed by atoms with E-state index >= 15 is 0 Å². The Morgan fingerprint density at radius 2 is 1.70 bits per heavy atom. The van der Waals surface area contributed by atoms with Crippen LogP contribution in [-0.2, 0) is 14.4 Å². The van der Waals surface area contributed by atoms with Crippen LogP contribution in [0.1, 0.15) is 79.1 Å². The van der Waals surface area contributed by atoms with Crippen molar-refractivity contribution < 1.29 is 14.4 Å². The Morgan fingerprint density at radius 3 is 2.22 bits per heavy atom. The summed E-state index contributed by atoms with van der Waals surface area (Å²) in [6.07, 6.45) is 8.72. The highest BCUT2D eigenvalue weighted by atomic mass is 16.2. The quantitative estimate of drug-likeness (QED) is 0.479. The minimum absolute atomic E-state index is 0.0396. The standard InChI is InChI=1S/C21H39N3O3/c1-5-15(4)19(24-20(26)18(22)11-14(2)3)21(27)23-17(13-25)12-16-9-7-6-8-10-16/h13-19H,5-12,22H2,1-4H3,(H,23,27)(H,24,26)/t15?,17-,18-,19-/m0/s1. The Balaban J connectivity index is 2.69. The topological polar surface area (TPSA) is 101 Å². The van der Waals surface area contributed by atoms with Crippen LogP contribution in [0.15, 0.2) is 0 Å². The number of hydrogen-bond donors (Lipinski definition) is 3. The van der Waals surface area contributed by atoms with Gasteiger partial charge in [-0.3, -0.25) is 9.59 Å². The first kappa shape index (κ1) is 23.6. The van der Waals surface area contributed by atoms with Crippen LogP contribution in [0.5, 0.6) is 0 Å². The fourth-order valence-corrected chi connectivity index (χ4v) is 3.78. The van der Waals surface area contributed by atoms with Crippen molar-refractivity contribution in [1.82, 2.24) is 10.6 Å². The van der Waals surface area contributed by atoms with Gasteiger partial charge in [-0.1, -0.05) is 66.2 Å². The van der Waals surface area contributed by atoms with Crippen LogP contribution >= 0.6 is 0 Å². The molecule has 4 atom stereocenters. The van der Waals surface area contributed by atoms with Crippen molar-refractivity contribution in [2.45, 2.75) is 97.2 Å². The van der Waals surface area contributed by atoms with Crippen LogP contribution in [0, 0.1) is 17.8 Å². The number of aldehydes is 1. The molecule has 1 saturated carbocycles. The van der Waals surface area contributed by atoms with Crippen LogP contribution in [-0.4, -0.2) is 36.2 Å². The van der Waals surface area contributed by atoms with Gasteiger partial charge in [0.2, 0.25) is 11.8 Å². The molecule has 156 valence electrons. The first-order chi connectivity index (χ1) is 12.8. The number of nitrogens with two attached hydrogens (primary N) is 1. The van der Waals surface area contributed by atoms with Gasteiger partial charge in [0.15, 0.2) is 0 Å². The third-order valence-electron chi connectivity index (χ3n) is 5.66. The summed E-state index contributed by atoms with van der Waals surface area (Å²) in [6, 6.07) is -1.80. The van der Waals surface area contributed by atoms with Crippen molar-refractivity contribution in [2.24, 2.45) is 23.5 Å². The summed E-state index contributed by atoms with van der Waals surface area (Å²) < 4.78 is 0. The average Bonchev–Trinajstić information content (AvgIpc) is 2.64. The maximum absolute atomic E-state index is 12.8. The number of carbonyl (C=O) groups is 3. The highest BCUT2D eigenvalue weighted by molar-refractivity contribution is 5.91. The minimum atomic E-state index is -0.672. The van der Waals surface area contributed by atoms with Crippen molar-refractivity contribution in [2.75, 3.05) is 0 Å². The van der Waals surface area contributed by atoms with Crippen molar-refractivity contribution in [3.05, 3.63) is 0 Å². The Kier molecular flexibility index (Phi) is 10.6. The van der Waals surface area contributed by atoms with E-state index in [9.17, 15) is 14.4 Å². The molecule has 0 bridgehead atoms. The van der Waals surface area contributed by atoms with Gasteiger partial charge in [-0.25, -0.2) is 0 Å². The van der Waals surface area contributed by atoms with E-state index in [0.717, 1.165) is 25.5 Å². The van der Waals surface area contributed by atoms with Crippen molar-refractivity contribution in [1.29, 1.82) is 0 Å². The number of hydrogen-bond acceptors (Lipinski definition) is 4. The number of rotatable bonds is 11. The van der Waals surface area contributed by atoms with Gasteiger partial charge in [0.1, 0.15) is 12.3 Å². The third-order valence-corrected chi connectivity index (χ3v) is 5.66. The summed E-state index contributed by atoms with van der Waals surface area (Å²) in [5.41, 5.74) is 5.96. The molecule has 2 amide bonds. The second-order valence-electron chi connectivity index (χ2n) is 8.60. The van der Waals surface area contributed by atoms with Gasteiger partial charge in [-0.2, -0.15) is 0 Å². The SMILES string of the molecule is CCC(C)[C@H](NC(=O)[C@@H](N)CC(C)C)C(=O)N[C@H](C=O)CC1CCCCC1. The highest BCUT2D eigenvalue weighted by Crippen LogP contribution is 2.27. The van der Waals surface area contributed by atoms with Gasteiger partial charge in [0.05, 0.1) is 12.1 Å². The molecule has 0 aromatic heterocycles. The van der Waals surface area contributed by atoms with E-state index in [1.54, 1.807) is 0 Å².